The third-order valence-corrected chi connectivity index (χ3v) is 4.68. The van der Waals surface area contributed by atoms with Gasteiger partial charge in [0.25, 0.3) is 0 Å². The van der Waals surface area contributed by atoms with Crippen LogP contribution < -0.4 is 0 Å². The first-order valence-electron chi connectivity index (χ1n) is 10.9. The Morgan fingerprint density at radius 3 is 2.35 bits per heavy atom. The van der Waals surface area contributed by atoms with Gasteiger partial charge in [-0.05, 0) is 52.2 Å². The highest BCUT2D eigenvalue weighted by Crippen LogP contribution is 2.26. The predicted octanol–water partition coefficient (Wildman–Crippen LogP) is 5.29. The van der Waals surface area contributed by atoms with E-state index in [-0.39, 0.29) is 12.3 Å². The number of ether oxygens (including phenoxy) is 2. The number of benzene rings is 1. The van der Waals surface area contributed by atoms with Crippen LogP contribution in [0.3, 0.4) is 0 Å². The molecule has 31 heavy (non-hydrogen) atoms. The van der Waals surface area contributed by atoms with Gasteiger partial charge in [-0.3, -0.25) is 0 Å². The van der Waals surface area contributed by atoms with Crippen molar-refractivity contribution >= 4 is 17.5 Å². The van der Waals surface area contributed by atoms with E-state index in [0.717, 1.165) is 18.4 Å². The van der Waals surface area contributed by atoms with Crippen molar-refractivity contribution in [3.63, 3.8) is 0 Å². The summed E-state index contributed by atoms with van der Waals surface area (Å²) in [6.07, 6.45) is 3.05. The number of esters is 2. The molecule has 168 valence electrons. The van der Waals surface area contributed by atoms with E-state index in [2.05, 4.69) is 16.9 Å². The molecule has 2 aromatic rings. The monoisotopic (exact) mass is 426 g/mol. The van der Waals surface area contributed by atoms with E-state index < -0.39 is 17.5 Å². The van der Waals surface area contributed by atoms with Crippen LogP contribution in [0.15, 0.2) is 35.9 Å². The van der Waals surface area contributed by atoms with E-state index in [9.17, 15) is 9.59 Å². The van der Waals surface area contributed by atoms with Gasteiger partial charge in [0, 0.05) is 18.4 Å². The molecule has 0 fully saturated rings. The van der Waals surface area contributed by atoms with Gasteiger partial charge < -0.3 is 14.5 Å². The lowest BCUT2D eigenvalue weighted by Crippen LogP contribution is -2.25. The molecule has 0 aliphatic carbocycles. The smallest absolute Gasteiger partial charge is 0.357 e. The normalized spacial score (nSPS) is 12.3. The molecular weight excluding hydrogens is 392 g/mol. The van der Waals surface area contributed by atoms with E-state index in [0.29, 0.717) is 35.5 Å². The molecule has 0 aliphatic rings. The topological polar surface area (TPSA) is 81.3 Å². The minimum Gasteiger partial charge on any atom is -0.463 e. The Morgan fingerprint density at radius 2 is 1.77 bits per heavy atom. The van der Waals surface area contributed by atoms with Crippen molar-refractivity contribution in [2.45, 2.75) is 72.8 Å². The number of hydrogen-bond donors (Lipinski definition) is 1. The van der Waals surface area contributed by atoms with Crippen LogP contribution in [-0.2, 0) is 27.1 Å². The Hall–Kier alpha value is -2.89. The maximum Gasteiger partial charge on any atom is 0.357 e. The minimum atomic E-state index is -0.644. The number of allylic oxidation sites excluding steroid dienone is 1. The van der Waals surface area contributed by atoms with Crippen LogP contribution in [0, 0.1) is 0 Å². The fraction of sp³-hybridized carbons (Fsp3) is 0.480. The highest BCUT2D eigenvalue weighted by molar-refractivity contribution is 6.01. The number of nitrogens with zero attached hydrogens (tertiary/aromatic N) is 1. The molecule has 0 unspecified atom stereocenters. The van der Waals surface area contributed by atoms with Crippen molar-refractivity contribution in [2.24, 2.45) is 0 Å². The number of aromatic amines is 1. The Morgan fingerprint density at radius 1 is 1.10 bits per heavy atom. The van der Waals surface area contributed by atoms with Crippen molar-refractivity contribution in [3.8, 4) is 0 Å². The van der Waals surface area contributed by atoms with Crippen LogP contribution in [0.1, 0.15) is 82.0 Å². The van der Waals surface area contributed by atoms with Gasteiger partial charge in [-0.2, -0.15) is 0 Å². The van der Waals surface area contributed by atoms with E-state index in [1.165, 1.54) is 0 Å². The van der Waals surface area contributed by atoms with Crippen molar-refractivity contribution in [3.05, 3.63) is 58.7 Å². The van der Waals surface area contributed by atoms with E-state index in [1.807, 2.05) is 58.0 Å². The van der Waals surface area contributed by atoms with E-state index in [4.69, 9.17) is 9.47 Å². The lowest BCUT2D eigenvalue weighted by Gasteiger charge is -2.19. The highest BCUT2D eigenvalue weighted by Gasteiger charge is 2.27. The SMILES string of the molecule is CCCCc1nc(C(C)=C(Cc2ccccc2)C(=O)OCC)c(C(=O)OC(C)(C)C)[nH]1. The van der Waals surface area contributed by atoms with Gasteiger partial charge in [-0.15, -0.1) is 0 Å². The quantitative estimate of drug-likeness (QED) is 0.435. The van der Waals surface area contributed by atoms with Gasteiger partial charge in [0.2, 0.25) is 0 Å². The van der Waals surface area contributed by atoms with Crippen molar-refractivity contribution in [2.75, 3.05) is 6.61 Å². The van der Waals surface area contributed by atoms with Crippen LogP contribution in [0.2, 0.25) is 0 Å². The highest BCUT2D eigenvalue weighted by atomic mass is 16.6. The number of aryl methyl sites for hydroxylation is 1. The second kappa shape index (κ2) is 10.9. The van der Waals surface area contributed by atoms with E-state index in [1.54, 1.807) is 6.92 Å². The van der Waals surface area contributed by atoms with Gasteiger partial charge in [-0.1, -0.05) is 43.7 Å². The average Bonchev–Trinajstić information content (AvgIpc) is 3.14. The summed E-state index contributed by atoms with van der Waals surface area (Å²) in [5.41, 5.74) is 2.14. The zero-order valence-electron chi connectivity index (χ0n) is 19.5. The van der Waals surface area contributed by atoms with Crippen molar-refractivity contribution < 1.29 is 19.1 Å². The number of unbranched alkanes of at least 4 members (excludes halogenated alkanes) is 1. The molecule has 1 heterocycles. The number of aromatic nitrogens is 2. The molecule has 0 atom stereocenters. The van der Waals surface area contributed by atoms with Gasteiger partial charge in [0.15, 0.2) is 5.69 Å². The molecule has 2 rings (SSSR count). The van der Waals surface area contributed by atoms with Gasteiger partial charge >= 0.3 is 11.9 Å². The molecule has 1 aromatic heterocycles. The average molecular weight is 427 g/mol. The fourth-order valence-electron chi connectivity index (χ4n) is 3.15. The number of hydrogen-bond acceptors (Lipinski definition) is 5. The first kappa shape index (κ1) is 24.4. The summed E-state index contributed by atoms with van der Waals surface area (Å²) in [7, 11) is 0. The van der Waals surface area contributed by atoms with Crippen LogP contribution in [0.4, 0.5) is 0 Å². The molecule has 6 nitrogen and oxygen atoms in total. The lowest BCUT2D eigenvalue weighted by atomic mass is 9.98. The number of rotatable bonds is 9. The summed E-state index contributed by atoms with van der Waals surface area (Å²) in [5.74, 6) is -0.183. The Balaban J connectivity index is 2.57. The number of carbonyl (C=O) groups excluding carboxylic acids is 2. The molecule has 1 N–H and O–H groups in total. The molecule has 0 aliphatic heterocycles. The molecule has 0 amide bonds. The summed E-state index contributed by atoms with van der Waals surface area (Å²) < 4.78 is 10.9. The first-order valence-corrected chi connectivity index (χ1v) is 10.9. The molecule has 0 spiro atoms. The summed E-state index contributed by atoms with van der Waals surface area (Å²) in [4.78, 5) is 33.6. The maximum absolute atomic E-state index is 12.9. The van der Waals surface area contributed by atoms with Crippen LogP contribution >= 0.6 is 0 Å². The zero-order chi connectivity index (χ0) is 23.0. The van der Waals surface area contributed by atoms with E-state index >= 15 is 0 Å². The zero-order valence-corrected chi connectivity index (χ0v) is 19.5. The fourth-order valence-corrected chi connectivity index (χ4v) is 3.15. The van der Waals surface area contributed by atoms with Crippen molar-refractivity contribution in [1.82, 2.24) is 9.97 Å². The molecule has 6 heteroatoms. The second-order valence-corrected chi connectivity index (χ2v) is 8.50. The maximum atomic E-state index is 12.9. The Labute approximate surface area is 185 Å². The van der Waals surface area contributed by atoms with Crippen LogP contribution in [-0.4, -0.2) is 34.1 Å². The molecule has 0 saturated heterocycles. The summed E-state index contributed by atoms with van der Waals surface area (Å²) in [6, 6.07) is 9.70. The van der Waals surface area contributed by atoms with Crippen molar-refractivity contribution in [1.29, 1.82) is 0 Å². The molecule has 0 saturated carbocycles. The number of H-pyrrole nitrogens is 1. The Bertz CT molecular complexity index is 921. The van der Waals surface area contributed by atoms with Crippen LogP contribution in [0.25, 0.3) is 5.57 Å². The number of nitrogens with one attached hydrogen (secondary N) is 1. The third-order valence-electron chi connectivity index (χ3n) is 4.68. The third kappa shape index (κ3) is 7.09. The lowest BCUT2D eigenvalue weighted by molar-refractivity contribution is -0.138. The van der Waals surface area contributed by atoms with Gasteiger partial charge in [0.05, 0.1) is 12.3 Å². The predicted molar refractivity (Wildman–Crippen MR) is 122 cm³/mol. The molecule has 1 aromatic carbocycles. The largest absolute Gasteiger partial charge is 0.463 e. The number of imidazole rings is 1. The first-order chi connectivity index (χ1) is 14.7. The molecular formula is C25H34N2O4. The Kier molecular flexibility index (Phi) is 8.60. The van der Waals surface area contributed by atoms with Gasteiger partial charge in [0.1, 0.15) is 11.4 Å². The van der Waals surface area contributed by atoms with Gasteiger partial charge in [-0.25, -0.2) is 14.6 Å². The summed E-state index contributed by atoms with van der Waals surface area (Å²) in [6.45, 7) is 11.4. The molecule has 0 radical (unpaired) electrons. The molecule has 0 bridgehead atoms. The summed E-state index contributed by atoms with van der Waals surface area (Å²) >= 11 is 0. The minimum absolute atomic E-state index is 0.269. The van der Waals surface area contributed by atoms with Crippen LogP contribution in [0.5, 0.6) is 0 Å². The standard InChI is InChI=1S/C25H34N2O4/c1-7-9-15-20-26-21(22(27-20)24(29)31-25(4,5)6)17(3)19(23(28)30-8-2)16-18-13-11-10-12-14-18/h10-14H,7-9,15-16H2,1-6H3,(H,26,27). The summed E-state index contributed by atoms with van der Waals surface area (Å²) in [5, 5.41) is 0. The second-order valence-electron chi connectivity index (χ2n) is 8.50. The number of carbonyl (C=O) groups is 2.